The van der Waals surface area contributed by atoms with E-state index in [-0.39, 0.29) is 4.90 Å². The van der Waals surface area contributed by atoms with Crippen molar-refractivity contribution in [1.29, 1.82) is 0 Å². The molecule has 0 fully saturated rings. The van der Waals surface area contributed by atoms with Crippen LogP contribution >= 0.6 is 0 Å². The fraction of sp³-hybridized carbons (Fsp3) is 0.278. The maximum atomic E-state index is 13.3. The summed E-state index contributed by atoms with van der Waals surface area (Å²) in [5.74, 6) is -0.469. The summed E-state index contributed by atoms with van der Waals surface area (Å²) in [5.41, 5.74) is 1.84. The van der Waals surface area contributed by atoms with Crippen LogP contribution in [0.3, 0.4) is 0 Å². The number of hydrogen-bond acceptors (Lipinski definition) is 4. The normalized spacial score (nSPS) is 15.3. The molecule has 1 aliphatic rings. The zero-order valence-corrected chi connectivity index (χ0v) is 15.2. The van der Waals surface area contributed by atoms with Gasteiger partial charge in [0, 0.05) is 6.20 Å². The van der Waals surface area contributed by atoms with Crippen molar-refractivity contribution in [3.63, 3.8) is 0 Å². The number of nitrogens with two attached hydrogens (primary N) is 1. The molecule has 1 aromatic carbocycles. The van der Waals surface area contributed by atoms with Gasteiger partial charge in [-0.3, -0.25) is 0 Å². The zero-order chi connectivity index (χ0) is 19.8. The summed E-state index contributed by atoms with van der Waals surface area (Å²) < 4.78 is 67.3. The second-order valence-electron chi connectivity index (χ2n) is 6.16. The van der Waals surface area contributed by atoms with Crippen LogP contribution < -0.4 is 9.88 Å². The Labute approximate surface area is 154 Å². The van der Waals surface area contributed by atoms with E-state index < -0.39 is 27.6 Å². The molecule has 1 heterocycles. The molecule has 27 heavy (non-hydrogen) atoms. The van der Waals surface area contributed by atoms with Crippen LogP contribution in [0.1, 0.15) is 36.0 Å². The largest absolute Gasteiger partial charge is 0.481 e. The number of alkyl halides is 3. The number of sulfonamides is 1. The number of hydrogen-bond donors (Lipinski definition) is 1. The van der Waals surface area contributed by atoms with Crippen LogP contribution in [0, 0.1) is 0 Å². The van der Waals surface area contributed by atoms with Crippen molar-refractivity contribution < 1.29 is 26.3 Å². The third kappa shape index (κ3) is 3.98. The lowest BCUT2D eigenvalue weighted by molar-refractivity contribution is -0.139. The molecule has 3 rings (SSSR count). The summed E-state index contributed by atoms with van der Waals surface area (Å²) in [4.78, 5) is 3.79. The van der Waals surface area contributed by atoms with E-state index in [0.29, 0.717) is 18.4 Å². The SMILES string of the molecule is COc1ncc(C2=C(c3ccc(S(N)(=O)=O)cc3)CCC2)cc1C(F)(F)F. The van der Waals surface area contributed by atoms with Gasteiger partial charge >= 0.3 is 6.18 Å². The van der Waals surface area contributed by atoms with E-state index in [2.05, 4.69) is 4.98 Å². The van der Waals surface area contributed by atoms with Gasteiger partial charge in [0.1, 0.15) is 5.56 Å². The third-order valence-electron chi connectivity index (χ3n) is 4.45. The van der Waals surface area contributed by atoms with Crippen LogP contribution in [0.2, 0.25) is 0 Å². The monoisotopic (exact) mass is 398 g/mol. The molecular weight excluding hydrogens is 381 g/mol. The van der Waals surface area contributed by atoms with E-state index in [1.165, 1.54) is 18.3 Å². The van der Waals surface area contributed by atoms with E-state index in [1.807, 2.05) is 0 Å². The molecule has 0 radical (unpaired) electrons. The van der Waals surface area contributed by atoms with Crippen LogP contribution in [0.4, 0.5) is 13.2 Å². The number of pyridine rings is 1. The molecule has 0 aliphatic heterocycles. The first-order valence-electron chi connectivity index (χ1n) is 8.08. The summed E-state index contributed by atoms with van der Waals surface area (Å²) in [6.07, 6.45) is -1.14. The number of ether oxygens (including phenoxy) is 1. The number of primary sulfonamides is 1. The van der Waals surface area contributed by atoms with Crippen molar-refractivity contribution in [2.24, 2.45) is 5.14 Å². The minimum Gasteiger partial charge on any atom is -0.481 e. The molecule has 0 spiro atoms. The Morgan fingerprint density at radius 3 is 2.19 bits per heavy atom. The van der Waals surface area contributed by atoms with E-state index in [0.717, 1.165) is 36.3 Å². The van der Waals surface area contributed by atoms with Gasteiger partial charge in [-0.25, -0.2) is 18.5 Å². The van der Waals surface area contributed by atoms with Gasteiger partial charge < -0.3 is 4.74 Å². The number of benzene rings is 1. The average Bonchev–Trinajstić information content (AvgIpc) is 3.09. The highest BCUT2D eigenvalue weighted by Crippen LogP contribution is 2.42. The van der Waals surface area contributed by atoms with Gasteiger partial charge in [0.05, 0.1) is 12.0 Å². The van der Waals surface area contributed by atoms with Crippen LogP contribution in [0.5, 0.6) is 5.88 Å². The van der Waals surface area contributed by atoms with Gasteiger partial charge in [-0.05, 0) is 59.7 Å². The summed E-state index contributed by atoms with van der Waals surface area (Å²) >= 11 is 0. The van der Waals surface area contributed by atoms with Gasteiger partial charge in [0.25, 0.3) is 0 Å². The maximum absolute atomic E-state index is 13.3. The van der Waals surface area contributed by atoms with Gasteiger partial charge in [-0.15, -0.1) is 0 Å². The van der Waals surface area contributed by atoms with E-state index in [1.54, 1.807) is 12.1 Å². The first kappa shape index (κ1) is 19.4. The first-order chi connectivity index (χ1) is 12.6. The van der Waals surface area contributed by atoms with Crippen LogP contribution in [-0.2, 0) is 16.2 Å². The number of allylic oxidation sites excluding steroid dienone is 2. The molecule has 0 atom stereocenters. The van der Waals surface area contributed by atoms with Gasteiger partial charge in [0.15, 0.2) is 0 Å². The second kappa shape index (κ2) is 6.97. The fourth-order valence-electron chi connectivity index (χ4n) is 3.21. The van der Waals surface area contributed by atoms with Crippen LogP contribution in [-0.4, -0.2) is 20.5 Å². The quantitative estimate of drug-likeness (QED) is 0.848. The van der Waals surface area contributed by atoms with E-state index in [9.17, 15) is 21.6 Å². The predicted octanol–water partition coefficient (Wildman–Crippen LogP) is 3.85. The molecule has 0 saturated heterocycles. The summed E-state index contributed by atoms with van der Waals surface area (Å²) in [6.45, 7) is 0. The minimum absolute atomic E-state index is 0.0168. The van der Waals surface area contributed by atoms with Crippen LogP contribution in [0.15, 0.2) is 41.4 Å². The Morgan fingerprint density at radius 1 is 1.07 bits per heavy atom. The highest BCUT2D eigenvalue weighted by atomic mass is 32.2. The Balaban J connectivity index is 2.07. The molecule has 2 N–H and O–H groups in total. The molecule has 1 aliphatic carbocycles. The lowest BCUT2D eigenvalue weighted by atomic mass is 9.97. The van der Waals surface area contributed by atoms with Gasteiger partial charge in [-0.1, -0.05) is 12.1 Å². The van der Waals surface area contributed by atoms with Gasteiger partial charge in [0.2, 0.25) is 15.9 Å². The standard InChI is InChI=1S/C18H17F3N2O3S/c1-26-17-16(18(19,20)21)9-12(10-23-17)15-4-2-3-14(15)11-5-7-13(8-6-11)27(22,24)25/h5-10H,2-4H2,1H3,(H2,22,24,25). The molecule has 0 amide bonds. The fourth-order valence-corrected chi connectivity index (χ4v) is 3.73. The summed E-state index contributed by atoms with van der Waals surface area (Å²) in [7, 11) is -2.66. The first-order valence-corrected chi connectivity index (χ1v) is 9.63. The van der Waals surface area contributed by atoms with Crippen molar-refractivity contribution in [3.8, 4) is 5.88 Å². The molecule has 2 aromatic rings. The number of nitrogens with zero attached hydrogens (tertiary/aromatic N) is 1. The Hall–Kier alpha value is -2.39. The van der Waals surface area contributed by atoms with Crippen molar-refractivity contribution in [2.45, 2.75) is 30.3 Å². The molecule has 0 bridgehead atoms. The molecular formula is C18H17F3N2O3S. The van der Waals surface area contributed by atoms with Crippen molar-refractivity contribution in [3.05, 3.63) is 53.2 Å². The Kier molecular flexibility index (Phi) is 5.00. The summed E-state index contributed by atoms with van der Waals surface area (Å²) in [5, 5.41) is 5.10. The molecule has 5 nitrogen and oxygen atoms in total. The molecule has 0 saturated carbocycles. The Morgan fingerprint density at radius 2 is 1.67 bits per heavy atom. The van der Waals surface area contributed by atoms with Gasteiger partial charge in [-0.2, -0.15) is 13.2 Å². The van der Waals surface area contributed by atoms with E-state index in [4.69, 9.17) is 9.88 Å². The van der Waals surface area contributed by atoms with Crippen molar-refractivity contribution >= 4 is 21.2 Å². The number of methoxy groups -OCH3 is 1. The number of rotatable bonds is 4. The number of aromatic nitrogens is 1. The Bertz CT molecular complexity index is 998. The lowest BCUT2D eigenvalue weighted by Gasteiger charge is -2.14. The van der Waals surface area contributed by atoms with Crippen molar-refractivity contribution in [1.82, 2.24) is 4.98 Å². The smallest absolute Gasteiger partial charge is 0.421 e. The van der Waals surface area contributed by atoms with Crippen molar-refractivity contribution in [2.75, 3.05) is 7.11 Å². The highest BCUT2D eigenvalue weighted by Gasteiger charge is 2.36. The number of halogens is 3. The molecule has 1 aromatic heterocycles. The lowest BCUT2D eigenvalue weighted by Crippen LogP contribution is -2.11. The predicted molar refractivity (Wildman–Crippen MR) is 94.3 cm³/mol. The molecule has 144 valence electrons. The zero-order valence-electron chi connectivity index (χ0n) is 14.4. The topological polar surface area (TPSA) is 82.3 Å². The second-order valence-corrected chi connectivity index (χ2v) is 7.72. The minimum atomic E-state index is -4.58. The molecule has 0 unspecified atom stereocenters. The highest BCUT2D eigenvalue weighted by molar-refractivity contribution is 7.89. The average molecular weight is 398 g/mol. The maximum Gasteiger partial charge on any atom is 0.421 e. The summed E-state index contributed by atoms with van der Waals surface area (Å²) in [6, 6.07) is 7.05. The molecule has 9 heteroatoms. The van der Waals surface area contributed by atoms with Crippen LogP contribution in [0.25, 0.3) is 11.1 Å². The third-order valence-corrected chi connectivity index (χ3v) is 5.38. The van der Waals surface area contributed by atoms with E-state index >= 15 is 0 Å².